The van der Waals surface area contributed by atoms with Gasteiger partial charge in [-0.1, -0.05) is 0 Å². The summed E-state index contributed by atoms with van der Waals surface area (Å²) in [5, 5.41) is 12.5. The molecule has 0 radical (unpaired) electrons. The Bertz CT molecular complexity index is 443. The van der Waals surface area contributed by atoms with E-state index < -0.39 is 11.2 Å². The highest BCUT2D eigenvalue weighted by Gasteiger charge is 2.16. The highest BCUT2D eigenvalue weighted by molar-refractivity contribution is 5.67. The van der Waals surface area contributed by atoms with Crippen LogP contribution in [-0.4, -0.2) is 61.7 Å². The molecule has 0 aliphatic rings. The van der Waals surface area contributed by atoms with E-state index >= 15 is 0 Å². The lowest BCUT2D eigenvalue weighted by Gasteiger charge is -2.20. The second-order valence-corrected chi connectivity index (χ2v) is 9.85. The number of hydrogen-bond donors (Lipinski definition) is 4. The van der Waals surface area contributed by atoms with Crippen molar-refractivity contribution in [3.8, 4) is 0 Å². The van der Waals surface area contributed by atoms with Crippen molar-refractivity contribution in [2.24, 2.45) is 0 Å². The third-order valence-electron chi connectivity index (χ3n) is 4.08. The molecule has 8 nitrogen and oxygen atoms in total. The summed E-state index contributed by atoms with van der Waals surface area (Å²) >= 11 is 0. The molecule has 0 fully saturated rings. The molecule has 0 saturated carbocycles. The number of nitrogens with one attached hydrogen (secondary N) is 4. The van der Waals surface area contributed by atoms with Gasteiger partial charge in [0.15, 0.2) is 0 Å². The molecule has 2 atom stereocenters. The third-order valence-corrected chi connectivity index (χ3v) is 4.08. The fourth-order valence-corrected chi connectivity index (χ4v) is 2.56. The van der Waals surface area contributed by atoms with Crippen LogP contribution in [0.5, 0.6) is 0 Å². The molecule has 0 bridgehead atoms. The molecule has 178 valence electrons. The standard InChI is InChI=1S/C22H46N4O4/c1-17(11-15-25-19(27)29-21(3,4)5)23-13-9-10-14-24-18(2)12-16-26-20(28)30-22(6,7)8/h17-18,23-24H,9-16H2,1-8H3,(H,25,27)(H,26,28). The molecule has 0 rings (SSSR count). The van der Waals surface area contributed by atoms with E-state index in [-0.39, 0.29) is 12.2 Å². The van der Waals surface area contributed by atoms with Gasteiger partial charge < -0.3 is 30.7 Å². The van der Waals surface area contributed by atoms with Crippen LogP contribution in [0.25, 0.3) is 0 Å². The highest BCUT2D eigenvalue weighted by atomic mass is 16.6. The van der Waals surface area contributed by atoms with E-state index in [1.807, 2.05) is 41.5 Å². The lowest BCUT2D eigenvalue weighted by atomic mass is 10.2. The SMILES string of the molecule is CC(CCNC(=O)OC(C)(C)C)NCCCCNC(C)CCNC(=O)OC(C)(C)C. The Morgan fingerprint density at radius 2 is 1.00 bits per heavy atom. The monoisotopic (exact) mass is 430 g/mol. The largest absolute Gasteiger partial charge is 0.444 e. The fraction of sp³-hybridized carbons (Fsp3) is 0.909. The lowest BCUT2D eigenvalue weighted by Crippen LogP contribution is -2.36. The van der Waals surface area contributed by atoms with E-state index in [4.69, 9.17) is 9.47 Å². The van der Waals surface area contributed by atoms with Gasteiger partial charge in [-0.3, -0.25) is 0 Å². The summed E-state index contributed by atoms with van der Waals surface area (Å²) in [6.45, 7) is 18.5. The van der Waals surface area contributed by atoms with Gasteiger partial charge >= 0.3 is 12.2 Å². The molecule has 0 aromatic carbocycles. The van der Waals surface area contributed by atoms with Crippen molar-refractivity contribution in [3.63, 3.8) is 0 Å². The first kappa shape index (κ1) is 28.5. The van der Waals surface area contributed by atoms with Crippen LogP contribution in [0.3, 0.4) is 0 Å². The summed E-state index contributed by atoms with van der Waals surface area (Å²) in [5.41, 5.74) is -0.928. The molecular formula is C22H46N4O4. The first-order valence-electron chi connectivity index (χ1n) is 11.2. The second-order valence-electron chi connectivity index (χ2n) is 9.85. The second kappa shape index (κ2) is 14.5. The Morgan fingerprint density at radius 3 is 1.30 bits per heavy atom. The van der Waals surface area contributed by atoms with Crippen LogP contribution >= 0.6 is 0 Å². The number of carbonyl (C=O) groups excluding carboxylic acids is 2. The molecule has 0 spiro atoms. The van der Waals surface area contributed by atoms with E-state index in [0.717, 1.165) is 38.8 Å². The molecule has 0 aromatic rings. The Morgan fingerprint density at radius 1 is 0.667 bits per heavy atom. The maximum atomic E-state index is 11.6. The zero-order valence-corrected chi connectivity index (χ0v) is 20.4. The molecule has 8 heteroatoms. The number of rotatable bonds is 13. The smallest absolute Gasteiger partial charge is 0.407 e. The molecule has 2 amide bonds. The maximum Gasteiger partial charge on any atom is 0.407 e. The average Bonchev–Trinajstić information content (AvgIpc) is 2.54. The van der Waals surface area contributed by atoms with Gasteiger partial charge in [0.1, 0.15) is 11.2 Å². The summed E-state index contributed by atoms with van der Waals surface area (Å²) < 4.78 is 10.4. The minimum Gasteiger partial charge on any atom is -0.444 e. The first-order chi connectivity index (χ1) is 13.8. The number of unbranched alkanes of at least 4 members (excludes halogenated alkanes) is 1. The first-order valence-corrected chi connectivity index (χ1v) is 11.2. The summed E-state index contributed by atoms with van der Waals surface area (Å²) in [5.74, 6) is 0. The number of amides is 2. The zero-order chi connectivity index (χ0) is 23.2. The van der Waals surface area contributed by atoms with Gasteiger partial charge in [0.05, 0.1) is 0 Å². The number of hydrogen-bond acceptors (Lipinski definition) is 6. The lowest BCUT2D eigenvalue weighted by molar-refractivity contribution is 0.0514. The Kier molecular flexibility index (Phi) is 13.7. The number of carbonyl (C=O) groups is 2. The van der Waals surface area contributed by atoms with Crippen LogP contribution in [0.15, 0.2) is 0 Å². The van der Waals surface area contributed by atoms with Gasteiger partial charge in [-0.15, -0.1) is 0 Å². The van der Waals surface area contributed by atoms with Gasteiger partial charge in [0, 0.05) is 25.2 Å². The van der Waals surface area contributed by atoms with E-state index in [2.05, 4.69) is 35.1 Å². The van der Waals surface area contributed by atoms with Crippen molar-refractivity contribution >= 4 is 12.2 Å². The number of alkyl carbamates (subject to hydrolysis) is 2. The van der Waals surface area contributed by atoms with Crippen LogP contribution in [0.2, 0.25) is 0 Å². The summed E-state index contributed by atoms with van der Waals surface area (Å²) in [4.78, 5) is 23.2. The fourth-order valence-electron chi connectivity index (χ4n) is 2.56. The van der Waals surface area contributed by atoms with Crippen LogP contribution in [0.4, 0.5) is 9.59 Å². The minimum absolute atomic E-state index is 0.339. The van der Waals surface area contributed by atoms with Crippen molar-refractivity contribution in [3.05, 3.63) is 0 Å². The summed E-state index contributed by atoms with van der Waals surface area (Å²) in [6.07, 6.45) is 3.16. The Balaban J connectivity index is 3.59. The van der Waals surface area contributed by atoms with Crippen LogP contribution < -0.4 is 21.3 Å². The van der Waals surface area contributed by atoms with Gasteiger partial charge in [0.25, 0.3) is 0 Å². The van der Waals surface area contributed by atoms with Crippen LogP contribution in [0.1, 0.15) is 81.1 Å². The van der Waals surface area contributed by atoms with Gasteiger partial charge in [0.2, 0.25) is 0 Å². The van der Waals surface area contributed by atoms with Crippen molar-refractivity contribution in [1.82, 2.24) is 21.3 Å². The summed E-state index contributed by atoms with van der Waals surface area (Å²) in [7, 11) is 0. The van der Waals surface area contributed by atoms with E-state index in [9.17, 15) is 9.59 Å². The molecule has 0 aliphatic carbocycles. The Hall–Kier alpha value is -1.54. The van der Waals surface area contributed by atoms with Crippen molar-refractivity contribution in [2.45, 2.75) is 104 Å². The number of ether oxygens (including phenoxy) is 2. The van der Waals surface area contributed by atoms with E-state index in [1.54, 1.807) is 0 Å². The third kappa shape index (κ3) is 19.8. The topological polar surface area (TPSA) is 101 Å². The van der Waals surface area contributed by atoms with E-state index in [0.29, 0.717) is 25.2 Å². The van der Waals surface area contributed by atoms with E-state index in [1.165, 1.54) is 0 Å². The van der Waals surface area contributed by atoms with Gasteiger partial charge in [-0.05, 0) is 94.2 Å². The normalized spacial score (nSPS) is 14.0. The molecule has 2 unspecified atom stereocenters. The molecule has 0 aromatic heterocycles. The average molecular weight is 431 g/mol. The van der Waals surface area contributed by atoms with Crippen LogP contribution in [-0.2, 0) is 9.47 Å². The highest BCUT2D eigenvalue weighted by Crippen LogP contribution is 2.07. The van der Waals surface area contributed by atoms with Gasteiger partial charge in [-0.25, -0.2) is 9.59 Å². The molecular weight excluding hydrogens is 384 g/mol. The quantitative estimate of drug-likeness (QED) is 0.333. The Labute approximate surface area is 183 Å². The predicted octanol–water partition coefficient (Wildman–Crippen LogP) is 3.55. The predicted molar refractivity (Wildman–Crippen MR) is 122 cm³/mol. The molecule has 0 saturated heterocycles. The zero-order valence-electron chi connectivity index (χ0n) is 20.4. The minimum atomic E-state index is -0.464. The molecule has 30 heavy (non-hydrogen) atoms. The molecule has 0 aliphatic heterocycles. The van der Waals surface area contributed by atoms with Crippen LogP contribution in [0, 0.1) is 0 Å². The molecule has 0 heterocycles. The molecule has 4 N–H and O–H groups in total. The maximum absolute atomic E-state index is 11.6. The van der Waals surface area contributed by atoms with Crippen molar-refractivity contribution in [2.75, 3.05) is 26.2 Å². The van der Waals surface area contributed by atoms with Crippen molar-refractivity contribution in [1.29, 1.82) is 0 Å². The summed E-state index contributed by atoms with van der Waals surface area (Å²) in [6, 6.07) is 0.677. The van der Waals surface area contributed by atoms with Gasteiger partial charge in [-0.2, -0.15) is 0 Å². The van der Waals surface area contributed by atoms with Crippen molar-refractivity contribution < 1.29 is 19.1 Å².